The van der Waals surface area contributed by atoms with Gasteiger partial charge in [-0.1, -0.05) is 0 Å². The number of rotatable bonds is 1. The molecule has 1 aromatic rings. The van der Waals surface area contributed by atoms with Crippen molar-refractivity contribution in [2.45, 2.75) is 0 Å². The fourth-order valence-corrected chi connectivity index (χ4v) is 0.753. The highest BCUT2D eigenvalue weighted by Gasteiger charge is 2.18. The van der Waals surface area contributed by atoms with E-state index in [-0.39, 0.29) is 0 Å². The summed E-state index contributed by atoms with van der Waals surface area (Å²) in [5.41, 5.74) is 0. The predicted molar refractivity (Wildman–Crippen MR) is 34.5 cm³/mol. The molecular formula is C7H5F3O2. The molecule has 0 heterocycles. The van der Waals surface area contributed by atoms with E-state index in [1.807, 2.05) is 0 Å². The second kappa shape index (κ2) is 2.92. The van der Waals surface area contributed by atoms with Gasteiger partial charge in [-0.25, -0.2) is 4.39 Å². The number of methoxy groups -OCH3 is 1. The van der Waals surface area contributed by atoms with Crippen molar-refractivity contribution < 1.29 is 23.0 Å². The monoisotopic (exact) mass is 178 g/mol. The average molecular weight is 178 g/mol. The van der Waals surface area contributed by atoms with Crippen LogP contribution >= 0.6 is 0 Å². The lowest BCUT2D eigenvalue weighted by atomic mass is 10.3. The Kier molecular flexibility index (Phi) is 2.12. The molecule has 2 nitrogen and oxygen atoms in total. The van der Waals surface area contributed by atoms with Gasteiger partial charge in [-0.3, -0.25) is 0 Å². The van der Waals surface area contributed by atoms with Gasteiger partial charge < -0.3 is 9.84 Å². The Balaban J connectivity index is 3.40. The zero-order valence-electron chi connectivity index (χ0n) is 6.07. The van der Waals surface area contributed by atoms with E-state index in [0.717, 1.165) is 7.11 Å². The van der Waals surface area contributed by atoms with Crippen LogP contribution in [0.5, 0.6) is 11.5 Å². The Morgan fingerprint density at radius 3 is 2.33 bits per heavy atom. The molecule has 0 unspecified atom stereocenters. The van der Waals surface area contributed by atoms with Crippen molar-refractivity contribution in [2.24, 2.45) is 0 Å². The standard InChI is InChI=1S/C7H5F3O2/c1-12-7-3(8)2-4(11)5(9)6(7)10/h2,11H,1H3. The van der Waals surface area contributed by atoms with Gasteiger partial charge in [0.1, 0.15) is 0 Å². The highest BCUT2D eigenvalue weighted by Crippen LogP contribution is 2.29. The molecule has 1 rings (SSSR count). The average Bonchev–Trinajstić information content (AvgIpc) is 2.01. The van der Waals surface area contributed by atoms with Crippen LogP contribution in [0.25, 0.3) is 0 Å². The lowest BCUT2D eigenvalue weighted by Gasteiger charge is -2.04. The molecule has 0 spiro atoms. The minimum atomic E-state index is -1.53. The fraction of sp³-hybridized carbons (Fsp3) is 0.143. The van der Waals surface area contributed by atoms with Crippen LogP contribution in [0.1, 0.15) is 0 Å². The van der Waals surface area contributed by atoms with Crippen LogP contribution < -0.4 is 4.74 Å². The van der Waals surface area contributed by atoms with Gasteiger partial charge in [0.2, 0.25) is 11.6 Å². The molecule has 0 aliphatic carbocycles. The van der Waals surface area contributed by atoms with E-state index in [9.17, 15) is 13.2 Å². The second-order valence-electron chi connectivity index (χ2n) is 2.04. The van der Waals surface area contributed by atoms with Crippen LogP contribution in [-0.2, 0) is 0 Å². The highest BCUT2D eigenvalue weighted by molar-refractivity contribution is 5.35. The van der Waals surface area contributed by atoms with Crippen molar-refractivity contribution in [1.29, 1.82) is 0 Å². The molecule has 12 heavy (non-hydrogen) atoms. The van der Waals surface area contributed by atoms with Gasteiger partial charge in [-0.05, 0) is 0 Å². The maximum absolute atomic E-state index is 12.6. The number of benzene rings is 1. The van der Waals surface area contributed by atoms with Gasteiger partial charge in [-0.2, -0.15) is 8.78 Å². The third kappa shape index (κ3) is 1.17. The lowest BCUT2D eigenvalue weighted by Crippen LogP contribution is -1.96. The van der Waals surface area contributed by atoms with Crippen LogP contribution in [0, 0.1) is 17.5 Å². The van der Waals surface area contributed by atoms with Crippen LogP contribution in [-0.4, -0.2) is 12.2 Å². The van der Waals surface area contributed by atoms with Crippen LogP contribution in [0.4, 0.5) is 13.2 Å². The summed E-state index contributed by atoms with van der Waals surface area (Å²) in [7, 11) is 0.998. The quantitative estimate of drug-likeness (QED) is 0.664. The predicted octanol–water partition coefficient (Wildman–Crippen LogP) is 1.82. The highest BCUT2D eigenvalue weighted by atomic mass is 19.2. The molecule has 0 amide bonds. The zero-order valence-corrected chi connectivity index (χ0v) is 6.07. The first kappa shape index (κ1) is 8.70. The summed E-state index contributed by atoms with van der Waals surface area (Å²) in [6, 6.07) is 0.442. The van der Waals surface area contributed by atoms with Crippen molar-refractivity contribution in [2.75, 3.05) is 7.11 Å². The number of hydrogen-bond donors (Lipinski definition) is 1. The zero-order chi connectivity index (χ0) is 9.30. The summed E-state index contributed by atoms with van der Waals surface area (Å²) in [5.74, 6) is -6.12. The minimum absolute atomic E-state index is 0.442. The smallest absolute Gasteiger partial charge is 0.207 e. The van der Waals surface area contributed by atoms with Gasteiger partial charge in [-0.15, -0.1) is 0 Å². The molecule has 5 heteroatoms. The van der Waals surface area contributed by atoms with E-state index in [1.165, 1.54) is 0 Å². The summed E-state index contributed by atoms with van der Waals surface area (Å²) in [4.78, 5) is 0. The summed E-state index contributed by atoms with van der Waals surface area (Å²) in [5, 5.41) is 8.59. The Bertz CT molecular complexity index is 312. The summed E-state index contributed by atoms with van der Waals surface area (Å²) in [6.45, 7) is 0. The van der Waals surface area contributed by atoms with E-state index in [0.29, 0.717) is 6.07 Å². The van der Waals surface area contributed by atoms with Gasteiger partial charge >= 0.3 is 0 Å². The molecule has 0 atom stereocenters. The molecular weight excluding hydrogens is 173 g/mol. The molecule has 0 aliphatic rings. The largest absolute Gasteiger partial charge is 0.505 e. The Labute approximate surface area is 66.2 Å². The molecule has 0 radical (unpaired) electrons. The number of phenols is 1. The minimum Gasteiger partial charge on any atom is -0.505 e. The summed E-state index contributed by atoms with van der Waals surface area (Å²) in [6.07, 6.45) is 0. The first-order valence-corrected chi connectivity index (χ1v) is 2.98. The number of hydrogen-bond acceptors (Lipinski definition) is 2. The van der Waals surface area contributed by atoms with Crippen LogP contribution in [0.3, 0.4) is 0 Å². The van der Waals surface area contributed by atoms with E-state index in [4.69, 9.17) is 5.11 Å². The van der Waals surface area contributed by atoms with E-state index < -0.39 is 29.0 Å². The third-order valence-electron chi connectivity index (χ3n) is 1.30. The fourth-order valence-electron chi connectivity index (χ4n) is 0.753. The number of halogens is 3. The third-order valence-corrected chi connectivity index (χ3v) is 1.30. The van der Waals surface area contributed by atoms with Crippen LogP contribution in [0.2, 0.25) is 0 Å². The van der Waals surface area contributed by atoms with E-state index in [1.54, 1.807) is 0 Å². The van der Waals surface area contributed by atoms with Crippen LogP contribution in [0.15, 0.2) is 6.07 Å². The topological polar surface area (TPSA) is 29.5 Å². The molecule has 0 bridgehead atoms. The van der Waals surface area contributed by atoms with Crippen molar-refractivity contribution in [1.82, 2.24) is 0 Å². The molecule has 0 saturated carbocycles. The van der Waals surface area contributed by atoms with Crippen molar-refractivity contribution >= 4 is 0 Å². The molecule has 1 aromatic carbocycles. The van der Waals surface area contributed by atoms with E-state index >= 15 is 0 Å². The Hall–Kier alpha value is -1.39. The van der Waals surface area contributed by atoms with Gasteiger partial charge in [0.05, 0.1) is 7.11 Å². The summed E-state index contributed by atoms with van der Waals surface area (Å²) >= 11 is 0. The maximum Gasteiger partial charge on any atom is 0.207 e. The molecule has 0 aliphatic heterocycles. The SMILES string of the molecule is COc1c(F)cc(O)c(F)c1F. The normalized spacial score (nSPS) is 10.0. The lowest BCUT2D eigenvalue weighted by molar-refractivity contribution is 0.332. The van der Waals surface area contributed by atoms with Crippen molar-refractivity contribution in [3.8, 4) is 11.5 Å². The number of phenolic OH excluding ortho intramolecular Hbond substituents is 1. The molecule has 0 saturated heterocycles. The first-order valence-electron chi connectivity index (χ1n) is 2.98. The maximum atomic E-state index is 12.6. The Morgan fingerprint density at radius 2 is 1.83 bits per heavy atom. The molecule has 1 N–H and O–H groups in total. The number of ether oxygens (including phenoxy) is 1. The summed E-state index contributed by atoms with van der Waals surface area (Å²) < 4.78 is 41.9. The second-order valence-corrected chi connectivity index (χ2v) is 2.04. The Morgan fingerprint density at radius 1 is 1.25 bits per heavy atom. The number of aromatic hydroxyl groups is 1. The van der Waals surface area contributed by atoms with Gasteiger partial charge in [0, 0.05) is 6.07 Å². The molecule has 0 aromatic heterocycles. The van der Waals surface area contributed by atoms with Gasteiger partial charge in [0.25, 0.3) is 0 Å². The van der Waals surface area contributed by atoms with E-state index in [2.05, 4.69) is 4.74 Å². The van der Waals surface area contributed by atoms with Crippen molar-refractivity contribution in [3.63, 3.8) is 0 Å². The van der Waals surface area contributed by atoms with Gasteiger partial charge in [0.15, 0.2) is 17.3 Å². The molecule has 66 valence electrons. The van der Waals surface area contributed by atoms with Crippen molar-refractivity contribution in [3.05, 3.63) is 23.5 Å². The molecule has 0 fully saturated rings. The first-order chi connectivity index (χ1) is 5.57.